The van der Waals surface area contributed by atoms with Crippen molar-refractivity contribution < 1.29 is 13.3 Å². The predicted molar refractivity (Wildman–Crippen MR) is 81.9 cm³/mol. The SMILES string of the molecule is CNc1ccc([N+](=O)[O-])c(S(=O)(=O)N(C)CC(C)(C)C)c1. The van der Waals surface area contributed by atoms with Crippen molar-refractivity contribution >= 4 is 21.4 Å². The fourth-order valence-electron chi connectivity index (χ4n) is 1.95. The second-order valence-corrected chi connectivity index (χ2v) is 8.02. The molecule has 0 atom stereocenters. The monoisotopic (exact) mass is 315 g/mol. The molecular formula is C13H21N3O4S. The van der Waals surface area contributed by atoms with Gasteiger partial charge in [-0.05, 0) is 17.5 Å². The lowest BCUT2D eigenvalue weighted by atomic mass is 9.97. The molecule has 0 bridgehead atoms. The topological polar surface area (TPSA) is 92.5 Å². The molecule has 0 fully saturated rings. The van der Waals surface area contributed by atoms with Gasteiger partial charge in [0.25, 0.3) is 5.69 Å². The van der Waals surface area contributed by atoms with E-state index in [9.17, 15) is 18.5 Å². The van der Waals surface area contributed by atoms with Crippen molar-refractivity contribution in [3.63, 3.8) is 0 Å². The van der Waals surface area contributed by atoms with E-state index >= 15 is 0 Å². The number of hydrogen-bond donors (Lipinski definition) is 1. The molecule has 21 heavy (non-hydrogen) atoms. The summed E-state index contributed by atoms with van der Waals surface area (Å²) in [6, 6.07) is 3.96. The largest absolute Gasteiger partial charge is 0.388 e. The highest BCUT2D eigenvalue weighted by Gasteiger charge is 2.31. The molecule has 1 aromatic carbocycles. The van der Waals surface area contributed by atoms with Gasteiger partial charge in [0.15, 0.2) is 4.90 Å². The maximum Gasteiger partial charge on any atom is 0.289 e. The van der Waals surface area contributed by atoms with Crippen molar-refractivity contribution in [1.29, 1.82) is 0 Å². The highest BCUT2D eigenvalue weighted by Crippen LogP contribution is 2.30. The Labute approximate surface area is 125 Å². The van der Waals surface area contributed by atoms with Gasteiger partial charge in [-0.2, -0.15) is 0 Å². The van der Waals surface area contributed by atoms with E-state index < -0.39 is 20.6 Å². The van der Waals surface area contributed by atoms with E-state index in [4.69, 9.17) is 0 Å². The number of sulfonamides is 1. The Hall–Kier alpha value is -1.67. The van der Waals surface area contributed by atoms with Crippen LogP contribution in [0.2, 0.25) is 0 Å². The Balaban J connectivity index is 3.38. The molecule has 0 amide bonds. The van der Waals surface area contributed by atoms with Crippen molar-refractivity contribution in [1.82, 2.24) is 4.31 Å². The molecule has 0 saturated heterocycles. The van der Waals surface area contributed by atoms with Gasteiger partial charge >= 0.3 is 0 Å². The molecule has 0 spiro atoms. The van der Waals surface area contributed by atoms with Gasteiger partial charge in [-0.15, -0.1) is 0 Å². The summed E-state index contributed by atoms with van der Waals surface area (Å²) in [7, 11) is -0.880. The lowest BCUT2D eigenvalue weighted by Crippen LogP contribution is -2.34. The van der Waals surface area contributed by atoms with Crippen LogP contribution in [0.1, 0.15) is 20.8 Å². The van der Waals surface area contributed by atoms with E-state index in [1.807, 2.05) is 20.8 Å². The minimum absolute atomic E-state index is 0.253. The highest BCUT2D eigenvalue weighted by atomic mass is 32.2. The van der Waals surface area contributed by atoms with Crippen molar-refractivity contribution in [2.45, 2.75) is 25.7 Å². The lowest BCUT2D eigenvalue weighted by molar-refractivity contribution is -0.387. The summed E-state index contributed by atoms with van der Waals surface area (Å²) in [5.74, 6) is 0. The summed E-state index contributed by atoms with van der Waals surface area (Å²) < 4.78 is 26.3. The molecule has 1 rings (SSSR count). The normalized spacial score (nSPS) is 12.5. The van der Waals surface area contributed by atoms with Crippen molar-refractivity contribution in [3.8, 4) is 0 Å². The molecule has 7 nitrogen and oxygen atoms in total. The van der Waals surface area contributed by atoms with Crippen molar-refractivity contribution in [3.05, 3.63) is 28.3 Å². The number of nitro benzene ring substituents is 1. The Kier molecular flexibility index (Phi) is 4.95. The van der Waals surface area contributed by atoms with E-state index in [0.717, 1.165) is 4.31 Å². The van der Waals surface area contributed by atoms with Crippen LogP contribution in [0.3, 0.4) is 0 Å². The number of nitrogens with zero attached hydrogens (tertiary/aromatic N) is 2. The number of nitrogens with one attached hydrogen (secondary N) is 1. The fourth-order valence-corrected chi connectivity index (χ4v) is 3.52. The summed E-state index contributed by atoms with van der Waals surface area (Å²) in [5.41, 5.74) is -0.171. The molecule has 1 aromatic rings. The van der Waals surface area contributed by atoms with Gasteiger partial charge in [-0.25, -0.2) is 12.7 Å². The quantitative estimate of drug-likeness (QED) is 0.665. The van der Waals surface area contributed by atoms with Crippen LogP contribution in [-0.2, 0) is 10.0 Å². The van der Waals surface area contributed by atoms with Crippen LogP contribution >= 0.6 is 0 Å². The number of nitro groups is 1. The van der Waals surface area contributed by atoms with E-state index in [0.29, 0.717) is 5.69 Å². The summed E-state index contributed by atoms with van der Waals surface area (Å²) >= 11 is 0. The standard InChI is InChI=1S/C13H21N3O4S/c1-13(2,3)9-15(5)21(19,20)12-8-10(14-4)6-7-11(12)16(17)18/h6-8,14H,9H2,1-5H3. The summed E-state index contributed by atoms with van der Waals surface area (Å²) in [4.78, 5) is 10.1. The van der Waals surface area contributed by atoms with Crippen LogP contribution in [0.25, 0.3) is 0 Å². The summed E-state index contributed by atoms with van der Waals surface area (Å²) in [6.45, 7) is 5.96. The van der Waals surface area contributed by atoms with E-state index in [-0.39, 0.29) is 16.9 Å². The molecule has 0 aliphatic rings. The molecular weight excluding hydrogens is 294 g/mol. The molecule has 0 aromatic heterocycles. The lowest BCUT2D eigenvalue weighted by Gasteiger charge is -2.26. The number of hydrogen-bond acceptors (Lipinski definition) is 5. The first-order valence-corrected chi connectivity index (χ1v) is 7.85. The second-order valence-electron chi connectivity index (χ2n) is 6.01. The maximum absolute atomic E-state index is 12.6. The van der Waals surface area contributed by atoms with Crippen LogP contribution < -0.4 is 5.32 Å². The highest BCUT2D eigenvalue weighted by molar-refractivity contribution is 7.89. The molecule has 118 valence electrons. The number of anilines is 1. The van der Waals surface area contributed by atoms with Crippen molar-refractivity contribution in [2.24, 2.45) is 5.41 Å². The first-order chi connectivity index (χ1) is 9.49. The predicted octanol–water partition coefficient (Wildman–Crippen LogP) is 2.30. The Morgan fingerprint density at radius 3 is 2.33 bits per heavy atom. The zero-order valence-electron chi connectivity index (χ0n) is 12.9. The number of benzene rings is 1. The third-order valence-electron chi connectivity index (χ3n) is 2.83. The minimum atomic E-state index is -3.93. The summed E-state index contributed by atoms with van der Waals surface area (Å²) in [5, 5.41) is 13.9. The van der Waals surface area contributed by atoms with Crippen LogP contribution in [0.4, 0.5) is 11.4 Å². The molecule has 0 saturated carbocycles. The molecule has 0 aliphatic heterocycles. The van der Waals surface area contributed by atoms with Gasteiger partial charge < -0.3 is 5.32 Å². The Morgan fingerprint density at radius 2 is 1.90 bits per heavy atom. The van der Waals surface area contributed by atoms with Crippen LogP contribution in [0.5, 0.6) is 0 Å². The van der Waals surface area contributed by atoms with Gasteiger partial charge in [0.1, 0.15) is 0 Å². The minimum Gasteiger partial charge on any atom is -0.388 e. The third kappa shape index (κ3) is 4.15. The van der Waals surface area contributed by atoms with E-state index in [1.54, 1.807) is 7.05 Å². The third-order valence-corrected chi connectivity index (χ3v) is 4.66. The second kappa shape index (κ2) is 5.98. The van der Waals surface area contributed by atoms with Crippen molar-refractivity contribution in [2.75, 3.05) is 26.0 Å². The fraction of sp³-hybridized carbons (Fsp3) is 0.538. The van der Waals surface area contributed by atoms with Crippen LogP contribution in [0, 0.1) is 15.5 Å². The Bertz CT molecular complexity index is 635. The molecule has 1 N–H and O–H groups in total. The van der Waals surface area contributed by atoms with Gasteiger partial charge in [-0.1, -0.05) is 20.8 Å². The van der Waals surface area contributed by atoms with Gasteiger partial charge in [0, 0.05) is 32.4 Å². The maximum atomic E-state index is 12.6. The molecule has 0 aliphatic carbocycles. The average Bonchev–Trinajstić information content (AvgIpc) is 2.35. The van der Waals surface area contributed by atoms with Crippen LogP contribution in [0.15, 0.2) is 23.1 Å². The van der Waals surface area contributed by atoms with E-state index in [1.165, 1.54) is 25.2 Å². The first-order valence-electron chi connectivity index (χ1n) is 6.41. The smallest absolute Gasteiger partial charge is 0.289 e. The number of rotatable bonds is 5. The molecule has 8 heteroatoms. The van der Waals surface area contributed by atoms with Gasteiger partial charge in [0.2, 0.25) is 10.0 Å². The zero-order chi connectivity index (χ0) is 16.4. The molecule has 0 heterocycles. The van der Waals surface area contributed by atoms with Gasteiger partial charge in [0.05, 0.1) is 4.92 Å². The molecule has 0 radical (unpaired) electrons. The summed E-state index contributed by atoms with van der Waals surface area (Å²) in [6.07, 6.45) is 0. The average molecular weight is 315 g/mol. The Morgan fingerprint density at radius 1 is 1.33 bits per heavy atom. The van der Waals surface area contributed by atoms with Gasteiger partial charge in [-0.3, -0.25) is 10.1 Å². The first kappa shape index (κ1) is 17.4. The zero-order valence-corrected chi connectivity index (χ0v) is 13.7. The molecule has 0 unspecified atom stereocenters. The van der Waals surface area contributed by atoms with E-state index in [2.05, 4.69) is 5.32 Å². The van der Waals surface area contributed by atoms with Crippen LogP contribution in [-0.4, -0.2) is 38.3 Å².